The molecule has 1 atom stereocenters. The number of anilines is 1. The molecule has 0 aromatic heterocycles. The zero-order chi connectivity index (χ0) is 18.1. The van der Waals surface area contributed by atoms with Crippen LogP contribution in [0.1, 0.15) is 28.7 Å². The van der Waals surface area contributed by atoms with Gasteiger partial charge < -0.3 is 9.64 Å². The Labute approximate surface area is 148 Å². The number of aryl methyl sites for hydroxylation is 3. The summed E-state index contributed by atoms with van der Waals surface area (Å²) in [5.41, 5.74) is 5.18. The van der Waals surface area contributed by atoms with Gasteiger partial charge in [0.15, 0.2) is 0 Å². The van der Waals surface area contributed by atoms with Gasteiger partial charge in [-0.3, -0.25) is 9.59 Å². The molecule has 0 spiro atoms. The number of nitrogens with zero attached hydrogens (tertiary/aromatic N) is 1. The average molecular weight is 337 g/mol. The fraction of sp³-hybridized carbons (Fsp3) is 0.333. The van der Waals surface area contributed by atoms with E-state index in [2.05, 4.69) is 0 Å². The van der Waals surface area contributed by atoms with Crippen molar-refractivity contribution in [2.45, 2.75) is 34.1 Å². The molecule has 1 aliphatic heterocycles. The first-order chi connectivity index (χ1) is 11.9. The summed E-state index contributed by atoms with van der Waals surface area (Å²) >= 11 is 0. The quantitative estimate of drug-likeness (QED) is 0.631. The van der Waals surface area contributed by atoms with Gasteiger partial charge in [0.25, 0.3) is 0 Å². The zero-order valence-corrected chi connectivity index (χ0v) is 15.1. The monoisotopic (exact) mass is 337 g/mol. The first kappa shape index (κ1) is 17.2. The van der Waals surface area contributed by atoms with Crippen LogP contribution in [0.3, 0.4) is 0 Å². The summed E-state index contributed by atoms with van der Waals surface area (Å²) in [6, 6.07) is 11.6. The molecule has 1 saturated heterocycles. The molecule has 0 bridgehead atoms. The molecule has 1 fully saturated rings. The third-order valence-corrected chi connectivity index (χ3v) is 5.03. The molecule has 0 N–H and O–H groups in total. The number of esters is 1. The van der Waals surface area contributed by atoms with E-state index in [9.17, 15) is 9.59 Å². The third-order valence-electron chi connectivity index (χ3n) is 5.03. The standard InChI is InChI=1S/C21H23NO3/c1-13-8-9-18(10-15(13)3)22-12-17(11-20(22)23)21(24)25-19-7-5-6-14(2)16(19)4/h5-10,17H,11-12H2,1-4H3/t17-/m0/s1. The van der Waals surface area contributed by atoms with Crippen molar-refractivity contribution in [3.05, 3.63) is 58.7 Å². The number of benzene rings is 2. The highest BCUT2D eigenvalue weighted by Gasteiger charge is 2.36. The maximum absolute atomic E-state index is 12.5. The molecule has 0 saturated carbocycles. The molecule has 130 valence electrons. The molecule has 1 amide bonds. The summed E-state index contributed by atoms with van der Waals surface area (Å²) in [6.07, 6.45) is 0.191. The highest BCUT2D eigenvalue weighted by Crippen LogP contribution is 2.29. The molecule has 0 radical (unpaired) electrons. The minimum Gasteiger partial charge on any atom is -0.426 e. The number of amides is 1. The molecule has 1 aliphatic rings. The predicted molar refractivity (Wildman–Crippen MR) is 97.9 cm³/mol. The minimum atomic E-state index is -0.436. The average Bonchev–Trinajstić information content (AvgIpc) is 2.96. The zero-order valence-electron chi connectivity index (χ0n) is 15.1. The van der Waals surface area contributed by atoms with E-state index in [-0.39, 0.29) is 18.3 Å². The van der Waals surface area contributed by atoms with E-state index in [1.807, 2.05) is 58.0 Å². The van der Waals surface area contributed by atoms with Crippen molar-refractivity contribution in [2.75, 3.05) is 11.4 Å². The van der Waals surface area contributed by atoms with Crippen molar-refractivity contribution in [2.24, 2.45) is 5.92 Å². The van der Waals surface area contributed by atoms with Crippen LogP contribution in [0.4, 0.5) is 5.69 Å². The maximum atomic E-state index is 12.5. The van der Waals surface area contributed by atoms with E-state index in [1.54, 1.807) is 11.0 Å². The molecule has 1 heterocycles. The molecule has 2 aromatic rings. The molecule has 4 nitrogen and oxygen atoms in total. The Balaban J connectivity index is 1.74. The minimum absolute atomic E-state index is 0.0360. The van der Waals surface area contributed by atoms with E-state index >= 15 is 0 Å². The Morgan fingerprint density at radius 1 is 1.04 bits per heavy atom. The highest BCUT2D eigenvalue weighted by molar-refractivity contribution is 5.99. The van der Waals surface area contributed by atoms with Crippen LogP contribution in [0, 0.1) is 33.6 Å². The number of carbonyl (C=O) groups is 2. The lowest BCUT2D eigenvalue weighted by Gasteiger charge is -2.18. The van der Waals surface area contributed by atoms with Crippen LogP contribution in [0.5, 0.6) is 5.75 Å². The summed E-state index contributed by atoms with van der Waals surface area (Å²) in [4.78, 5) is 26.6. The van der Waals surface area contributed by atoms with Gasteiger partial charge in [-0.25, -0.2) is 0 Å². The van der Waals surface area contributed by atoms with Crippen LogP contribution in [0.2, 0.25) is 0 Å². The van der Waals surface area contributed by atoms with E-state index < -0.39 is 5.92 Å². The summed E-state index contributed by atoms with van der Waals surface area (Å²) in [6.45, 7) is 8.33. The summed E-state index contributed by atoms with van der Waals surface area (Å²) in [7, 11) is 0. The van der Waals surface area contributed by atoms with Gasteiger partial charge in [-0.2, -0.15) is 0 Å². The highest BCUT2D eigenvalue weighted by atomic mass is 16.5. The first-order valence-corrected chi connectivity index (χ1v) is 8.52. The van der Waals surface area contributed by atoms with Gasteiger partial charge in [-0.1, -0.05) is 18.2 Å². The molecule has 4 heteroatoms. The van der Waals surface area contributed by atoms with Crippen molar-refractivity contribution >= 4 is 17.6 Å². The van der Waals surface area contributed by atoms with Crippen LogP contribution in [-0.4, -0.2) is 18.4 Å². The van der Waals surface area contributed by atoms with Crippen molar-refractivity contribution in [1.29, 1.82) is 0 Å². The number of hydrogen-bond acceptors (Lipinski definition) is 3. The van der Waals surface area contributed by atoms with Crippen molar-refractivity contribution < 1.29 is 14.3 Å². The number of hydrogen-bond donors (Lipinski definition) is 0. The first-order valence-electron chi connectivity index (χ1n) is 8.52. The predicted octanol–water partition coefficient (Wildman–Crippen LogP) is 3.88. The largest absolute Gasteiger partial charge is 0.426 e. The Morgan fingerprint density at radius 3 is 2.52 bits per heavy atom. The second-order valence-corrected chi connectivity index (χ2v) is 6.79. The Morgan fingerprint density at radius 2 is 1.80 bits per heavy atom. The molecule has 25 heavy (non-hydrogen) atoms. The van der Waals surface area contributed by atoms with E-state index in [0.29, 0.717) is 12.3 Å². The van der Waals surface area contributed by atoms with E-state index in [0.717, 1.165) is 22.4 Å². The molecule has 0 unspecified atom stereocenters. The van der Waals surface area contributed by atoms with Crippen LogP contribution in [-0.2, 0) is 9.59 Å². The molecular weight excluding hydrogens is 314 g/mol. The lowest BCUT2D eigenvalue weighted by Crippen LogP contribution is -2.27. The number of carbonyl (C=O) groups excluding carboxylic acids is 2. The van der Waals surface area contributed by atoms with Crippen LogP contribution < -0.4 is 9.64 Å². The third kappa shape index (κ3) is 3.43. The van der Waals surface area contributed by atoms with Gasteiger partial charge in [0, 0.05) is 18.7 Å². The van der Waals surface area contributed by atoms with E-state index in [1.165, 1.54) is 5.56 Å². The van der Waals surface area contributed by atoms with Gasteiger partial charge >= 0.3 is 5.97 Å². The van der Waals surface area contributed by atoms with Crippen molar-refractivity contribution in [1.82, 2.24) is 0 Å². The summed E-state index contributed by atoms with van der Waals surface area (Å²) in [5, 5.41) is 0. The maximum Gasteiger partial charge on any atom is 0.316 e. The molecule has 0 aliphatic carbocycles. The summed E-state index contributed by atoms with van der Waals surface area (Å²) in [5.74, 6) is -0.240. The topological polar surface area (TPSA) is 46.6 Å². The van der Waals surface area contributed by atoms with Crippen LogP contribution in [0.15, 0.2) is 36.4 Å². The summed E-state index contributed by atoms with van der Waals surface area (Å²) < 4.78 is 5.57. The molecule has 2 aromatic carbocycles. The lowest BCUT2D eigenvalue weighted by atomic mass is 10.1. The van der Waals surface area contributed by atoms with Crippen molar-refractivity contribution in [3.63, 3.8) is 0 Å². The van der Waals surface area contributed by atoms with Gasteiger partial charge in [0.05, 0.1) is 5.92 Å². The van der Waals surface area contributed by atoms with Crippen LogP contribution >= 0.6 is 0 Å². The Hall–Kier alpha value is -2.62. The van der Waals surface area contributed by atoms with Gasteiger partial charge in [0.1, 0.15) is 5.75 Å². The smallest absolute Gasteiger partial charge is 0.316 e. The second-order valence-electron chi connectivity index (χ2n) is 6.79. The number of rotatable bonds is 3. The van der Waals surface area contributed by atoms with Gasteiger partial charge in [0.2, 0.25) is 5.91 Å². The lowest BCUT2D eigenvalue weighted by molar-refractivity contribution is -0.139. The second kappa shape index (κ2) is 6.71. The fourth-order valence-electron chi connectivity index (χ4n) is 3.03. The van der Waals surface area contributed by atoms with Crippen LogP contribution in [0.25, 0.3) is 0 Å². The van der Waals surface area contributed by atoms with Gasteiger partial charge in [-0.05, 0) is 68.1 Å². The molecular formula is C21H23NO3. The molecule has 3 rings (SSSR count). The fourth-order valence-corrected chi connectivity index (χ4v) is 3.03. The SMILES string of the molecule is Cc1ccc(N2C[C@@H](C(=O)Oc3cccc(C)c3C)CC2=O)cc1C. The number of ether oxygens (including phenoxy) is 1. The van der Waals surface area contributed by atoms with E-state index in [4.69, 9.17) is 4.74 Å². The Bertz CT molecular complexity index is 841. The Kier molecular flexibility index (Phi) is 4.62. The van der Waals surface area contributed by atoms with Gasteiger partial charge in [-0.15, -0.1) is 0 Å². The normalized spacial score (nSPS) is 17.0. The van der Waals surface area contributed by atoms with Crippen molar-refractivity contribution in [3.8, 4) is 5.75 Å².